The van der Waals surface area contributed by atoms with E-state index in [-0.39, 0.29) is 18.2 Å². The number of aliphatic imine (C=N–C) groups is 1. The van der Waals surface area contributed by atoms with Crippen LogP contribution in [0.5, 0.6) is 0 Å². The molecule has 0 amide bonds. The van der Waals surface area contributed by atoms with E-state index in [4.69, 9.17) is 9.97 Å². The van der Waals surface area contributed by atoms with Crippen LogP contribution in [-0.2, 0) is 6.54 Å². The number of aromatic nitrogens is 3. The highest BCUT2D eigenvalue weighted by molar-refractivity contribution is 7.25. The molecule has 0 spiro atoms. The molecule has 4 heterocycles. The third-order valence-electron chi connectivity index (χ3n) is 13.6. The van der Waals surface area contributed by atoms with Gasteiger partial charge in [0.1, 0.15) is 6.17 Å². The fourth-order valence-corrected chi connectivity index (χ4v) is 11.1. The molecule has 7 nitrogen and oxygen atoms in total. The molecule has 8 aromatic carbocycles. The van der Waals surface area contributed by atoms with E-state index >= 15 is 0 Å². The summed E-state index contributed by atoms with van der Waals surface area (Å²) in [4.78, 5) is 17.9. The fraction of sp³-hybridized carbons (Fsp3) is 0.0806. The quantitative estimate of drug-likeness (QED) is 0.119. The van der Waals surface area contributed by atoms with Crippen LogP contribution in [0.1, 0.15) is 51.9 Å². The van der Waals surface area contributed by atoms with E-state index in [0.717, 1.165) is 66.8 Å². The van der Waals surface area contributed by atoms with Crippen LogP contribution < -0.4 is 10.6 Å². The molecule has 338 valence electrons. The van der Waals surface area contributed by atoms with E-state index in [2.05, 4.69) is 239 Å². The Morgan fingerprint density at radius 1 is 0.643 bits per heavy atom. The zero-order chi connectivity index (χ0) is 47.0. The molecule has 12 rings (SSSR count). The van der Waals surface area contributed by atoms with Gasteiger partial charge in [-0.25, -0.2) is 9.97 Å². The fourth-order valence-electron chi connectivity index (χ4n) is 10.1. The minimum Gasteiger partial charge on any atom is -0.364 e. The van der Waals surface area contributed by atoms with Gasteiger partial charge in [0.05, 0.1) is 40.2 Å². The molecule has 0 radical (unpaired) electrons. The second-order valence-electron chi connectivity index (χ2n) is 17.8. The number of para-hydroxylation sites is 1. The summed E-state index contributed by atoms with van der Waals surface area (Å²) >= 11 is 1.85. The summed E-state index contributed by atoms with van der Waals surface area (Å²) < 4.78 is 4.84. The first-order valence-corrected chi connectivity index (χ1v) is 24.5. The predicted octanol–water partition coefficient (Wildman–Crippen LogP) is 14.5. The lowest BCUT2D eigenvalue weighted by atomic mass is 9.98. The van der Waals surface area contributed by atoms with Gasteiger partial charge in [-0.2, -0.15) is 0 Å². The minimum absolute atomic E-state index is 0.0315. The molecule has 11 aromatic rings. The highest BCUT2D eigenvalue weighted by Gasteiger charge is 2.32. The molecule has 1 aliphatic rings. The van der Waals surface area contributed by atoms with Crippen molar-refractivity contribution in [1.29, 1.82) is 0 Å². The van der Waals surface area contributed by atoms with Gasteiger partial charge >= 0.3 is 0 Å². The standard InChI is InChI=1S/C62H49N7S/c1-63-52(41-19-7-3-8-20-41)38-53(42-21-9-4-10-22-42)64-40-47-37-55(61-66-54(43-23-11-5-12-24-43)39-58(68(61)2)44-25-13-6-14-26-44)67-62(65-47)69-56-29-17-15-27-48(56)50-35-45(31-33-57(50)69)46-32-34-60-51(36-46)49-28-16-18-30-59(49)70-60/h3-39,53,58,61,64,66H,1,40H2,2H3/b52-38-. The maximum absolute atomic E-state index is 5.59. The Hall–Kier alpha value is -8.27. The first-order valence-electron chi connectivity index (χ1n) is 23.7. The van der Waals surface area contributed by atoms with E-state index in [9.17, 15) is 0 Å². The van der Waals surface area contributed by atoms with Crippen LogP contribution in [0.4, 0.5) is 0 Å². The Labute approximate surface area is 411 Å². The molecule has 8 heteroatoms. The van der Waals surface area contributed by atoms with Crippen LogP contribution in [0.3, 0.4) is 0 Å². The van der Waals surface area contributed by atoms with Crippen molar-refractivity contribution in [2.45, 2.75) is 24.8 Å². The maximum Gasteiger partial charge on any atom is 0.235 e. The van der Waals surface area contributed by atoms with Gasteiger partial charge in [0.15, 0.2) is 0 Å². The minimum atomic E-state index is -0.312. The van der Waals surface area contributed by atoms with Gasteiger partial charge in [-0.05, 0) is 102 Å². The molecule has 3 unspecified atom stereocenters. The highest BCUT2D eigenvalue weighted by atomic mass is 32.1. The van der Waals surface area contributed by atoms with Crippen molar-refractivity contribution in [1.82, 2.24) is 30.1 Å². The Morgan fingerprint density at radius 3 is 2.04 bits per heavy atom. The molecule has 0 aliphatic carbocycles. The highest BCUT2D eigenvalue weighted by Crippen LogP contribution is 2.40. The number of thiophene rings is 1. The van der Waals surface area contributed by atoms with Gasteiger partial charge in [0.25, 0.3) is 0 Å². The van der Waals surface area contributed by atoms with Crippen LogP contribution in [0, 0.1) is 0 Å². The first-order chi connectivity index (χ1) is 34.6. The van der Waals surface area contributed by atoms with Crippen molar-refractivity contribution < 1.29 is 0 Å². The van der Waals surface area contributed by atoms with E-state index in [1.54, 1.807) is 0 Å². The summed E-state index contributed by atoms with van der Waals surface area (Å²) in [5, 5.41) is 12.7. The molecule has 3 atom stereocenters. The van der Waals surface area contributed by atoms with E-state index in [1.807, 2.05) is 35.6 Å². The average molecular weight is 924 g/mol. The SMILES string of the molecule is C=N/C(=C\C(NCc1cc(C2NC(c3ccccc3)=CC(c3ccccc3)N2C)nc(-n2c3ccccc3c3cc(-c4ccc5sc6ccccc6c5c4)ccc32)n1)c1ccccc1)c1ccccc1. The van der Waals surface area contributed by atoms with Gasteiger partial charge in [-0.15, -0.1) is 11.3 Å². The third-order valence-corrected chi connectivity index (χ3v) is 14.7. The summed E-state index contributed by atoms with van der Waals surface area (Å²) in [6.45, 7) is 4.42. The van der Waals surface area contributed by atoms with Crippen molar-refractivity contribution in [3.63, 3.8) is 0 Å². The summed E-state index contributed by atoms with van der Waals surface area (Å²) in [7, 11) is 2.18. The number of rotatable bonds is 12. The van der Waals surface area contributed by atoms with Gasteiger partial charge in [0, 0.05) is 43.2 Å². The van der Waals surface area contributed by atoms with Crippen LogP contribution in [0.15, 0.2) is 229 Å². The second-order valence-corrected chi connectivity index (χ2v) is 18.9. The van der Waals surface area contributed by atoms with Gasteiger partial charge in [-0.3, -0.25) is 14.5 Å². The molecule has 2 N–H and O–H groups in total. The largest absolute Gasteiger partial charge is 0.364 e. The molecule has 0 fully saturated rings. The predicted molar refractivity (Wildman–Crippen MR) is 292 cm³/mol. The second kappa shape index (κ2) is 18.7. The lowest BCUT2D eigenvalue weighted by molar-refractivity contribution is 0.172. The molecule has 0 saturated heterocycles. The van der Waals surface area contributed by atoms with Gasteiger partial charge in [-0.1, -0.05) is 170 Å². The number of hydrogen-bond donors (Lipinski definition) is 2. The van der Waals surface area contributed by atoms with Crippen LogP contribution in [0.25, 0.3) is 70.4 Å². The van der Waals surface area contributed by atoms with Crippen molar-refractivity contribution in [2.24, 2.45) is 4.99 Å². The van der Waals surface area contributed by atoms with E-state index in [1.165, 1.54) is 31.3 Å². The molecular formula is C62H49N7S. The monoisotopic (exact) mass is 923 g/mol. The number of fused-ring (bicyclic) bond motifs is 6. The summed E-state index contributed by atoms with van der Waals surface area (Å²) in [5.74, 6) is 0.603. The van der Waals surface area contributed by atoms with Crippen molar-refractivity contribution in [3.8, 4) is 17.1 Å². The van der Waals surface area contributed by atoms with Crippen molar-refractivity contribution in [2.75, 3.05) is 7.05 Å². The summed E-state index contributed by atoms with van der Waals surface area (Å²) in [6.07, 6.45) is 4.17. The number of nitrogens with zero attached hydrogens (tertiary/aromatic N) is 5. The van der Waals surface area contributed by atoms with Crippen LogP contribution in [-0.4, -0.2) is 33.2 Å². The van der Waals surface area contributed by atoms with Crippen molar-refractivity contribution in [3.05, 3.63) is 258 Å². The average Bonchev–Trinajstić information content (AvgIpc) is 3.97. The topological polar surface area (TPSA) is 70.4 Å². The Kier molecular flexibility index (Phi) is 11.5. The van der Waals surface area contributed by atoms with E-state index in [0.29, 0.717) is 12.5 Å². The zero-order valence-corrected chi connectivity index (χ0v) is 39.5. The number of likely N-dealkylation sites (N-methyl/N-ethyl adjacent to an activating group) is 1. The molecule has 1 aliphatic heterocycles. The maximum atomic E-state index is 5.59. The number of benzene rings is 8. The molecule has 0 bridgehead atoms. The normalized spacial score (nSPS) is 15.8. The lowest BCUT2D eigenvalue weighted by Crippen LogP contribution is -2.41. The third kappa shape index (κ3) is 8.18. The smallest absolute Gasteiger partial charge is 0.235 e. The number of hydrogen-bond acceptors (Lipinski definition) is 7. The molecular weight excluding hydrogens is 875 g/mol. The first kappa shape index (κ1) is 43.0. The Bertz CT molecular complexity index is 3750. The zero-order valence-electron chi connectivity index (χ0n) is 38.7. The van der Waals surface area contributed by atoms with Crippen molar-refractivity contribution >= 4 is 71.4 Å². The lowest BCUT2D eigenvalue weighted by Gasteiger charge is -2.40. The summed E-state index contributed by atoms with van der Waals surface area (Å²) in [6, 6.07) is 74.9. The van der Waals surface area contributed by atoms with E-state index < -0.39 is 0 Å². The molecule has 3 aromatic heterocycles. The summed E-state index contributed by atoms with van der Waals surface area (Å²) in [5.41, 5.74) is 12.4. The van der Waals surface area contributed by atoms with Crippen LogP contribution >= 0.6 is 11.3 Å². The Balaban J connectivity index is 1.01. The van der Waals surface area contributed by atoms with Gasteiger partial charge in [0.2, 0.25) is 5.95 Å². The molecule has 0 saturated carbocycles. The Morgan fingerprint density at radius 2 is 1.27 bits per heavy atom. The van der Waals surface area contributed by atoms with Crippen LogP contribution in [0.2, 0.25) is 0 Å². The van der Waals surface area contributed by atoms with Gasteiger partial charge < -0.3 is 10.6 Å². The number of nitrogens with one attached hydrogen (secondary N) is 2. The molecule has 70 heavy (non-hydrogen) atoms.